The Bertz CT molecular complexity index is 602. The Hall–Kier alpha value is -0.790. The van der Waals surface area contributed by atoms with E-state index in [-0.39, 0.29) is 18.6 Å². The number of hydrogen-bond donors (Lipinski definition) is 1. The summed E-state index contributed by atoms with van der Waals surface area (Å²) in [5.74, 6) is -0.912. The summed E-state index contributed by atoms with van der Waals surface area (Å²) in [5, 5.41) is 0. The van der Waals surface area contributed by atoms with E-state index in [2.05, 4.69) is 20.7 Å². The van der Waals surface area contributed by atoms with Crippen molar-refractivity contribution >= 4 is 32.9 Å². The molecular weight excluding hydrogens is 385 g/mol. The lowest BCUT2D eigenvalue weighted by molar-refractivity contribution is -0.143. The van der Waals surface area contributed by atoms with Crippen molar-refractivity contribution in [3.63, 3.8) is 0 Å². The van der Waals surface area contributed by atoms with E-state index in [1.165, 1.54) is 6.07 Å². The van der Waals surface area contributed by atoms with Crippen LogP contribution in [0.5, 0.6) is 0 Å². The van der Waals surface area contributed by atoms with Gasteiger partial charge in [-0.15, -0.1) is 0 Å². The number of aryl methyl sites for hydroxylation is 1. The van der Waals surface area contributed by atoms with Crippen LogP contribution in [0.4, 0.5) is 4.39 Å². The van der Waals surface area contributed by atoms with Gasteiger partial charge in [0.15, 0.2) is 0 Å². The zero-order valence-electron chi connectivity index (χ0n) is 14.0. The van der Waals surface area contributed by atoms with Crippen molar-refractivity contribution in [1.29, 1.82) is 0 Å². The molecule has 0 unspecified atom stereocenters. The number of benzene rings is 1. The molecule has 0 amide bonds. The number of carbonyl (C=O) groups excluding carboxylic acids is 1. The van der Waals surface area contributed by atoms with Crippen LogP contribution in [0.25, 0.3) is 0 Å². The molecule has 0 aliphatic heterocycles. The van der Waals surface area contributed by atoms with E-state index in [4.69, 9.17) is 4.74 Å². The second-order valence-corrected chi connectivity index (χ2v) is 9.04. The minimum absolute atomic E-state index is 0.0952. The first kappa shape index (κ1) is 20.3. The van der Waals surface area contributed by atoms with E-state index in [0.29, 0.717) is 0 Å². The molecule has 7 heteroatoms. The highest BCUT2D eigenvalue weighted by molar-refractivity contribution is 9.10. The summed E-state index contributed by atoms with van der Waals surface area (Å²) >= 11 is 3.36. The smallest absolute Gasteiger partial charge is 0.307 e. The number of nitrogens with one attached hydrogen (secondary N) is 1. The molecule has 0 fully saturated rings. The number of ether oxygens (including phenoxy) is 1. The van der Waals surface area contributed by atoms with Gasteiger partial charge in [-0.3, -0.25) is 4.79 Å². The first-order valence-electron chi connectivity index (χ1n) is 7.35. The average molecular weight is 408 g/mol. The minimum atomic E-state index is -1.45. The Kier molecular flexibility index (Phi) is 7.35. The van der Waals surface area contributed by atoms with Crippen molar-refractivity contribution in [2.75, 3.05) is 6.61 Å². The molecule has 0 bridgehead atoms. The quantitative estimate of drug-likeness (QED) is 0.726. The molecule has 0 saturated carbocycles. The Morgan fingerprint density at radius 3 is 2.57 bits per heavy atom. The van der Waals surface area contributed by atoms with Crippen LogP contribution < -0.4 is 4.72 Å². The first-order valence-corrected chi connectivity index (χ1v) is 9.29. The molecule has 1 aromatic carbocycles. The highest BCUT2D eigenvalue weighted by atomic mass is 79.9. The lowest BCUT2D eigenvalue weighted by Gasteiger charge is -2.24. The van der Waals surface area contributed by atoms with Crippen LogP contribution in [0.2, 0.25) is 0 Å². The van der Waals surface area contributed by atoms with E-state index >= 15 is 0 Å². The van der Waals surface area contributed by atoms with Crippen molar-refractivity contribution in [3.8, 4) is 0 Å². The minimum Gasteiger partial charge on any atom is -0.466 e. The Balaban J connectivity index is 3.16. The summed E-state index contributed by atoms with van der Waals surface area (Å²) in [4.78, 5) is 11.8. The normalized spacial score (nSPS) is 14.4. The topological polar surface area (TPSA) is 55.4 Å². The third-order valence-corrected chi connectivity index (χ3v) is 5.60. The fraction of sp³-hybridized carbons (Fsp3) is 0.562. The van der Waals surface area contributed by atoms with Gasteiger partial charge in [0.2, 0.25) is 0 Å². The molecule has 4 nitrogen and oxygen atoms in total. The van der Waals surface area contributed by atoms with Gasteiger partial charge in [-0.1, -0.05) is 15.9 Å². The summed E-state index contributed by atoms with van der Waals surface area (Å²) in [6, 6.07) is 2.27. The molecule has 130 valence electrons. The lowest BCUT2D eigenvalue weighted by atomic mass is 10.0. The summed E-state index contributed by atoms with van der Waals surface area (Å²) in [5.41, 5.74) is 1.03. The summed E-state index contributed by atoms with van der Waals surface area (Å²) in [6.45, 7) is 9.14. The van der Waals surface area contributed by atoms with Crippen molar-refractivity contribution in [2.45, 2.75) is 51.8 Å². The molecule has 0 radical (unpaired) electrons. The van der Waals surface area contributed by atoms with Gasteiger partial charge in [0.05, 0.1) is 34.8 Å². The lowest BCUT2D eigenvalue weighted by Crippen LogP contribution is -2.37. The van der Waals surface area contributed by atoms with Crippen LogP contribution in [0.1, 0.15) is 51.3 Å². The van der Waals surface area contributed by atoms with Crippen molar-refractivity contribution in [1.82, 2.24) is 4.72 Å². The SMILES string of the molecule is CCOC(=O)C[C@H](N[S@](=O)C(C)(C)C)c1cc(Br)c(C)cc1F. The number of esters is 1. The molecule has 2 atom stereocenters. The molecule has 1 rings (SSSR count). The predicted molar refractivity (Wildman–Crippen MR) is 93.9 cm³/mol. The van der Waals surface area contributed by atoms with Crippen LogP contribution >= 0.6 is 15.9 Å². The molecule has 1 N–H and O–H groups in total. The van der Waals surface area contributed by atoms with E-state index in [1.54, 1.807) is 40.7 Å². The summed E-state index contributed by atoms with van der Waals surface area (Å²) < 4.78 is 34.7. The highest BCUT2D eigenvalue weighted by Crippen LogP contribution is 2.28. The van der Waals surface area contributed by atoms with Gasteiger partial charge < -0.3 is 4.74 Å². The zero-order chi connectivity index (χ0) is 17.8. The summed E-state index contributed by atoms with van der Waals surface area (Å²) in [7, 11) is -1.45. The van der Waals surface area contributed by atoms with Crippen LogP contribution in [0.15, 0.2) is 16.6 Å². The maximum Gasteiger partial charge on any atom is 0.307 e. The van der Waals surface area contributed by atoms with Crippen molar-refractivity contribution < 1.29 is 18.1 Å². The van der Waals surface area contributed by atoms with Crippen LogP contribution in [-0.4, -0.2) is 21.5 Å². The van der Waals surface area contributed by atoms with Crippen LogP contribution in [0, 0.1) is 12.7 Å². The Morgan fingerprint density at radius 1 is 1.43 bits per heavy atom. The van der Waals surface area contributed by atoms with Gasteiger partial charge >= 0.3 is 5.97 Å². The van der Waals surface area contributed by atoms with Crippen molar-refractivity contribution in [2.24, 2.45) is 0 Å². The monoisotopic (exact) mass is 407 g/mol. The maximum atomic E-state index is 14.4. The van der Waals surface area contributed by atoms with Gasteiger partial charge in [-0.25, -0.2) is 13.3 Å². The fourth-order valence-corrected chi connectivity index (χ4v) is 3.02. The first-order chi connectivity index (χ1) is 10.6. The second-order valence-electron chi connectivity index (χ2n) is 6.18. The maximum absolute atomic E-state index is 14.4. The van der Waals surface area contributed by atoms with E-state index in [9.17, 15) is 13.4 Å². The standard InChI is InChI=1S/C16H23BrFNO3S/c1-6-22-15(20)9-14(19-23(21)16(3,4)5)11-8-12(17)10(2)7-13(11)18/h7-8,14,19H,6,9H2,1-5H3/t14-,23+/m0/s1. The predicted octanol–water partition coefficient (Wildman–Crippen LogP) is 3.94. The van der Waals surface area contributed by atoms with E-state index in [0.717, 1.165) is 10.0 Å². The molecule has 0 saturated heterocycles. The Labute approximate surface area is 147 Å². The largest absolute Gasteiger partial charge is 0.466 e. The van der Waals surface area contributed by atoms with Crippen LogP contribution in [0.3, 0.4) is 0 Å². The average Bonchev–Trinajstić information content (AvgIpc) is 2.41. The van der Waals surface area contributed by atoms with Gasteiger partial charge in [0.25, 0.3) is 0 Å². The molecule has 0 heterocycles. The molecular formula is C16H23BrFNO3S. The number of halogens is 2. The van der Waals surface area contributed by atoms with Gasteiger partial charge in [0.1, 0.15) is 5.82 Å². The molecule has 0 aliphatic rings. The third-order valence-electron chi connectivity index (χ3n) is 3.13. The van der Waals surface area contributed by atoms with Crippen LogP contribution in [-0.2, 0) is 20.5 Å². The third kappa shape index (κ3) is 5.97. The number of rotatable bonds is 6. The number of hydrogen-bond acceptors (Lipinski definition) is 3. The zero-order valence-corrected chi connectivity index (χ0v) is 16.4. The molecule has 0 aromatic heterocycles. The highest BCUT2D eigenvalue weighted by Gasteiger charge is 2.27. The molecule has 23 heavy (non-hydrogen) atoms. The fourth-order valence-electron chi connectivity index (χ4n) is 1.84. The van der Waals surface area contributed by atoms with E-state index < -0.39 is 33.6 Å². The van der Waals surface area contributed by atoms with Crippen molar-refractivity contribution in [3.05, 3.63) is 33.5 Å². The van der Waals surface area contributed by atoms with E-state index in [1.807, 2.05) is 0 Å². The van der Waals surface area contributed by atoms with Gasteiger partial charge in [-0.05, 0) is 52.3 Å². The second kappa shape index (κ2) is 8.35. The molecule has 1 aromatic rings. The van der Waals surface area contributed by atoms with Gasteiger partial charge in [0, 0.05) is 10.0 Å². The summed E-state index contributed by atoms with van der Waals surface area (Å²) in [6.07, 6.45) is -0.0952. The van der Waals surface area contributed by atoms with Gasteiger partial charge in [-0.2, -0.15) is 0 Å². The number of carbonyl (C=O) groups is 1. The molecule has 0 spiro atoms. The Morgan fingerprint density at radius 2 is 2.04 bits per heavy atom. The molecule has 0 aliphatic carbocycles.